The molecule has 21 heavy (non-hydrogen) atoms. The number of rotatable bonds is 2. The third-order valence-electron chi connectivity index (χ3n) is 4.19. The molecule has 1 aliphatic heterocycles. The molecule has 0 aromatic heterocycles. The first-order valence-electron chi connectivity index (χ1n) is 7.52. The second-order valence-electron chi connectivity index (χ2n) is 5.79. The van der Waals surface area contributed by atoms with Crippen molar-refractivity contribution in [1.29, 1.82) is 0 Å². The molecule has 0 radical (unpaired) electrons. The van der Waals surface area contributed by atoms with Gasteiger partial charge in [0.15, 0.2) is 0 Å². The summed E-state index contributed by atoms with van der Waals surface area (Å²) in [6.45, 7) is 4.08. The Hall–Kier alpha value is -1.32. The van der Waals surface area contributed by atoms with E-state index in [-0.39, 0.29) is 6.04 Å². The summed E-state index contributed by atoms with van der Waals surface area (Å²) in [5, 5.41) is 0. The highest BCUT2D eigenvalue weighted by atomic mass is 79.9. The Morgan fingerprint density at radius 3 is 2.62 bits per heavy atom. The average molecular weight is 345 g/mol. The van der Waals surface area contributed by atoms with E-state index in [2.05, 4.69) is 63.3 Å². The van der Waals surface area contributed by atoms with Crippen molar-refractivity contribution in [1.82, 2.24) is 0 Å². The summed E-state index contributed by atoms with van der Waals surface area (Å²) < 4.78 is 1.14. The van der Waals surface area contributed by atoms with Crippen LogP contribution < -0.4 is 10.6 Å². The Morgan fingerprint density at radius 1 is 1.14 bits per heavy atom. The second kappa shape index (κ2) is 6.20. The van der Waals surface area contributed by atoms with Crippen molar-refractivity contribution >= 4 is 21.6 Å². The molecule has 0 saturated heterocycles. The summed E-state index contributed by atoms with van der Waals surface area (Å²) in [5.74, 6) is 0. The van der Waals surface area contributed by atoms with E-state index in [0.717, 1.165) is 17.6 Å². The monoisotopic (exact) mass is 344 g/mol. The van der Waals surface area contributed by atoms with Gasteiger partial charge in [0.2, 0.25) is 0 Å². The third-order valence-corrected chi connectivity index (χ3v) is 4.83. The van der Waals surface area contributed by atoms with E-state index in [1.807, 2.05) is 6.92 Å². The minimum absolute atomic E-state index is 0.0696. The zero-order valence-corrected chi connectivity index (χ0v) is 13.9. The smallest absolute Gasteiger partial charge is 0.0513 e. The third kappa shape index (κ3) is 3.14. The van der Waals surface area contributed by atoms with Gasteiger partial charge in [0, 0.05) is 23.6 Å². The molecular formula is C18H21BrN2. The molecule has 110 valence electrons. The van der Waals surface area contributed by atoms with Crippen LogP contribution in [0.1, 0.15) is 36.1 Å². The molecule has 3 rings (SSSR count). The first-order chi connectivity index (χ1) is 10.1. The lowest BCUT2D eigenvalue weighted by molar-refractivity contribution is 0.762. The zero-order valence-electron chi connectivity index (χ0n) is 12.3. The van der Waals surface area contributed by atoms with Gasteiger partial charge in [-0.25, -0.2) is 0 Å². The molecule has 3 heteroatoms. The Bertz CT molecular complexity index is 637. The summed E-state index contributed by atoms with van der Waals surface area (Å²) in [6.07, 6.45) is 2.36. The molecule has 1 atom stereocenters. The van der Waals surface area contributed by atoms with E-state index < -0.39 is 0 Å². The summed E-state index contributed by atoms with van der Waals surface area (Å²) >= 11 is 3.72. The molecule has 1 heterocycles. The Kier molecular flexibility index (Phi) is 4.32. The maximum Gasteiger partial charge on any atom is 0.0513 e. The SMILES string of the molecule is C[C@@H](N)c1ccc(N2CCCc3ccccc3C2)c(Br)c1. The lowest BCUT2D eigenvalue weighted by atomic mass is 10.0. The first kappa shape index (κ1) is 14.6. The Morgan fingerprint density at radius 2 is 1.90 bits per heavy atom. The molecule has 0 aliphatic carbocycles. The molecular weight excluding hydrogens is 324 g/mol. The van der Waals surface area contributed by atoms with Crippen LogP contribution >= 0.6 is 15.9 Å². The second-order valence-corrected chi connectivity index (χ2v) is 6.65. The van der Waals surface area contributed by atoms with Crippen molar-refractivity contribution in [2.75, 3.05) is 11.4 Å². The van der Waals surface area contributed by atoms with E-state index in [1.54, 1.807) is 0 Å². The van der Waals surface area contributed by atoms with Crippen LogP contribution in [-0.2, 0) is 13.0 Å². The van der Waals surface area contributed by atoms with Gasteiger partial charge in [0.05, 0.1) is 5.69 Å². The zero-order chi connectivity index (χ0) is 14.8. The topological polar surface area (TPSA) is 29.3 Å². The Labute approximate surface area is 135 Å². The lowest BCUT2D eigenvalue weighted by Gasteiger charge is -2.25. The molecule has 0 unspecified atom stereocenters. The van der Waals surface area contributed by atoms with Gasteiger partial charge in [0.1, 0.15) is 0 Å². The van der Waals surface area contributed by atoms with E-state index in [4.69, 9.17) is 5.73 Å². The molecule has 0 amide bonds. The summed E-state index contributed by atoms with van der Waals surface area (Å²) in [5.41, 5.74) is 11.3. The van der Waals surface area contributed by atoms with Gasteiger partial charge in [-0.05, 0) is 64.5 Å². The number of nitrogens with two attached hydrogens (primary N) is 1. The van der Waals surface area contributed by atoms with Crippen molar-refractivity contribution in [2.45, 2.75) is 32.4 Å². The lowest BCUT2D eigenvalue weighted by Crippen LogP contribution is -2.23. The number of hydrogen-bond donors (Lipinski definition) is 1. The normalized spacial score (nSPS) is 16.2. The highest BCUT2D eigenvalue weighted by Crippen LogP contribution is 2.32. The van der Waals surface area contributed by atoms with Gasteiger partial charge in [-0.15, -0.1) is 0 Å². The number of anilines is 1. The molecule has 2 nitrogen and oxygen atoms in total. The van der Waals surface area contributed by atoms with Crippen molar-refractivity contribution in [3.05, 3.63) is 63.6 Å². The molecule has 0 fully saturated rings. The van der Waals surface area contributed by atoms with E-state index in [0.29, 0.717) is 0 Å². The maximum absolute atomic E-state index is 5.96. The standard InChI is InChI=1S/C18H21BrN2/c1-13(20)15-8-9-18(17(19)11-15)21-10-4-7-14-5-2-3-6-16(14)12-21/h2-3,5-6,8-9,11,13H,4,7,10,12,20H2,1H3/t13-/m1/s1. The van der Waals surface area contributed by atoms with E-state index in [1.165, 1.54) is 35.2 Å². The molecule has 0 saturated carbocycles. The molecule has 0 spiro atoms. The van der Waals surface area contributed by atoms with Crippen LogP contribution in [0.15, 0.2) is 46.9 Å². The molecule has 2 N–H and O–H groups in total. The van der Waals surface area contributed by atoms with E-state index >= 15 is 0 Å². The highest BCUT2D eigenvalue weighted by molar-refractivity contribution is 9.10. The van der Waals surface area contributed by atoms with Gasteiger partial charge in [-0.2, -0.15) is 0 Å². The molecule has 2 aromatic carbocycles. The number of halogens is 1. The van der Waals surface area contributed by atoms with Gasteiger partial charge in [-0.1, -0.05) is 30.3 Å². The van der Waals surface area contributed by atoms with Gasteiger partial charge in [-0.3, -0.25) is 0 Å². The largest absolute Gasteiger partial charge is 0.366 e. The number of fused-ring (bicyclic) bond motifs is 1. The fraction of sp³-hybridized carbons (Fsp3) is 0.333. The van der Waals surface area contributed by atoms with E-state index in [9.17, 15) is 0 Å². The van der Waals surface area contributed by atoms with Crippen molar-refractivity contribution < 1.29 is 0 Å². The minimum Gasteiger partial charge on any atom is -0.366 e. The van der Waals surface area contributed by atoms with Crippen LogP contribution in [0.2, 0.25) is 0 Å². The van der Waals surface area contributed by atoms with Crippen LogP contribution in [0.4, 0.5) is 5.69 Å². The van der Waals surface area contributed by atoms with Crippen LogP contribution in [0.3, 0.4) is 0 Å². The predicted molar refractivity (Wildman–Crippen MR) is 92.6 cm³/mol. The molecule has 0 bridgehead atoms. The van der Waals surface area contributed by atoms with Crippen LogP contribution in [0.25, 0.3) is 0 Å². The van der Waals surface area contributed by atoms with Crippen molar-refractivity contribution in [3.63, 3.8) is 0 Å². The first-order valence-corrected chi connectivity index (χ1v) is 8.31. The van der Waals surface area contributed by atoms with Crippen LogP contribution in [0.5, 0.6) is 0 Å². The number of hydrogen-bond acceptors (Lipinski definition) is 2. The van der Waals surface area contributed by atoms with Crippen LogP contribution in [0, 0.1) is 0 Å². The quantitative estimate of drug-likeness (QED) is 0.873. The van der Waals surface area contributed by atoms with Gasteiger partial charge < -0.3 is 10.6 Å². The highest BCUT2D eigenvalue weighted by Gasteiger charge is 2.16. The van der Waals surface area contributed by atoms with Crippen molar-refractivity contribution in [2.24, 2.45) is 5.73 Å². The molecule has 1 aliphatic rings. The predicted octanol–water partition coefficient (Wildman–Crippen LogP) is 4.42. The number of benzene rings is 2. The Balaban J connectivity index is 1.91. The van der Waals surface area contributed by atoms with Gasteiger partial charge >= 0.3 is 0 Å². The average Bonchev–Trinajstić information content (AvgIpc) is 2.69. The van der Waals surface area contributed by atoms with Crippen molar-refractivity contribution in [3.8, 4) is 0 Å². The summed E-state index contributed by atoms with van der Waals surface area (Å²) in [6, 6.07) is 15.3. The van der Waals surface area contributed by atoms with Gasteiger partial charge in [0.25, 0.3) is 0 Å². The number of aryl methyl sites for hydroxylation is 1. The number of nitrogens with zero attached hydrogens (tertiary/aromatic N) is 1. The summed E-state index contributed by atoms with van der Waals surface area (Å²) in [4.78, 5) is 2.46. The fourth-order valence-corrected chi connectivity index (χ4v) is 3.62. The minimum atomic E-state index is 0.0696. The fourth-order valence-electron chi connectivity index (χ4n) is 2.97. The molecule has 2 aromatic rings. The summed E-state index contributed by atoms with van der Waals surface area (Å²) in [7, 11) is 0. The van der Waals surface area contributed by atoms with Crippen LogP contribution in [-0.4, -0.2) is 6.54 Å². The maximum atomic E-state index is 5.96.